The number of nitrogens with one attached hydrogen (secondary N) is 1. The molecule has 1 N–H and O–H groups in total. The third-order valence-corrected chi connectivity index (χ3v) is 5.40. The van der Waals surface area contributed by atoms with Gasteiger partial charge < -0.3 is 10.2 Å². The van der Waals surface area contributed by atoms with Gasteiger partial charge in [0.15, 0.2) is 0 Å². The maximum atomic E-state index is 12.6. The molecule has 28 heavy (non-hydrogen) atoms. The normalized spacial score (nSPS) is 15.9. The van der Waals surface area contributed by atoms with Gasteiger partial charge in [0, 0.05) is 24.7 Å². The molecule has 2 amide bonds. The summed E-state index contributed by atoms with van der Waals surface area (Å²) in [7, 11) is 0. The zero-order chi connectivity index (χ0) is 19.1. The lowest BCUT2D eigenvalue weighted by Crippen LogP contribution is -2.36. The average molecular weight is 372 g/mol. The van der Waals surface area contributed by atoms with Crippen LogP contribution in [0.5, 0.6) is 0 Å². The number of carbonyl (C=O) groups is 2. The zero-order valence-corrected chi connectivity index (χ0v) is 15.4. The minimum absolute atomic E-state index is 0.232. The van der Waals surface area contributed by atoms with E-state index < -0.39 is 0 Å². The number of benzene rings is 2. The Morgan fingerprint density at radius 1 is 1.04 bits per heavy atom. The molecule has 0 radical (unpaired) electrons. The van der Waals surface area contributed by atoms with E-state index >= 15 is 0 Å². The van der Waals surface area contributed by atoms with Crippen LogP contribution in [0.15, 0.2) is 48.7 Å². The monoisotopic (exact) mass is 372 g/mol. The lowest BCUT2D eigenvalue weighted by atomic mass is 9.98. The Bertz CT molecular complexity index is 1090. The molecule has 2 heterocycles. The van der Waals surface area contributed by atoms with Gasteiger partial charge in [-0.15, -0.1) is 0 Å². The molecule has 2 aromatic carbocycles. The Morgan fingerprint density at radius 2 is 1.86 bits per heavy atom. The van der Waals surface area contributed by atoms with Gasteiger partial charge in [-0.2, -0.15) is 0 Å². The van der Waals surface area contributed by atoms with Gasteiger partial charge in [-0.05, 0) is 54.7 Å². The van der Waals surface area contributed by atoms with Gasteiger partial charge in [0.1, 0.15) is 5.69 Å². The van der Waals surface area contributed by atoms with E-state index in [0.717, 1.165) is 36.9 Å². The van der Waals surface area contributed by atoms with Gasteiger partial charge in [-0.3, -0.25) is 14.6 Å². The number of amides is 2. The van der Waals surface area contributed by atoms with E-state index in [-0.39, 0.29) is 23.4 Å². The maximum Gasteiger partial charge on any atom is 0.275 e. The molecule has 1 aliphatic heterocycles. The van der Waals surface area contributed by atoms with Crippen LogP contribution in [0.1, 0.15) is 34.5 Å². The van der Waals surface area contributed by atoms with Crippen molar-refractivity contribution in [2.24, 2.45) is 5.92 Å². The maximum absolute atomic E-state index is 12.6. The van der Waals surface area contributed by atoms with Crippen molar-refractivity contribution >= 4 is 28.5 Å². The number of carbonyl (C=O) groups excluding carboxylic acids is 2. The van der Waals surface area contributed by atoms with Crippen LogP contribution < -0.4 is 5.32 Å². The fraction of sp³-hybridized carbons (Fsp3) is 0.273. The topological polar surface area (TPSA) is 75.2 Å². The van der Waals surface area contributed by atoms with E-state index in [4.69, 9.17) is 0 Å². The zero-order valence-electron chi connectivity index (χ0n) is 15.4. The first-order valence-corrected chi connectivity index (χ1v) is 9.61. The van der Waals surface area contributed by atoms with Crippen molar-refractivity contribution in [3.63, 3.8) is 0 Å². The summed E-state index contributed by atoms with van der Waals surface area (Å²) in [5.74, 6) is 0.211. The summed E-state index contributed by atoms with van der Waals surface area (Å²) >= 11 is 0. The smallest absolute Gasteiger partial charge is 0.275 e. The Balaban J connectivity index is 1.34. The van der Waals surface area contributed by atoms with E-state index in [1.54, 1.807) is 0 Å². The van der Waals surface area contributed by atoms with E-state index in [1.165, 1.54) is 11.8 Å². The summed E-state index contributed by atoms with van der Waals surface area (Å²) in [6.45, 7) is 1.39. The number of anilines is 1. The van der Waals surface area contributed by atoms with Crippen molar-refractivity contribution in [3.8, 4) is 0 Å². The number of para-hydroxylation sites is 2. The summed E-state index contributed by atoms with van der Waals surface area (Å²) in [6.07, 6.45) is 4.39. The highest BCUT2D eigenvalue weighted by Gasteiger charge is 2.34. The highest BCUT2D eigenvalue weighted by atomic mass is 16.2. The second-order valence-electron chi connectivity index (χ2n) is 7.47. The van der Waals surface area contributed by atoms with Crippen LogP contribution in [0, 0.1) is 5.92 Å². The summed E-state index contributed by atoms with van der Waals surface area (Å²) < 4.78 is 0. The second kappa shape index (κ2) is 6.71. The molecule has 1 aromatic heterocycles. The van der Waals surface area contributed by atoms with Gasteiger partial charge in [-0.25, -0.2) is 4.98 Å². The van der Waals surface area contributed by atoms with Crippen molar-refractivity contribution < 1.29 is 9.59 Å². The molecule has 2 aliphatic rings. The Kier molecular flexibility index (Phi) is 4.04. The highest BCUT2D eigenvalue weighted by molar-refractivity contribution is 6.03. The molecule has 5 rings (SSSR count). The van der Waals surface area contributed by atoms with Crippen LogP contribution in [-0.4, -0.2) is 33.2 Å². The second-order valence-corrected chi connectivity index (χ2v) is 7.47. The first-order valence-electron chi connectivity index (χ1n) is 9.61. The molecule has 0 saturated heterocycles. The molecular formula is C22H20N4O2. The molecule has 0 atom stereocenters. The fourth-order valence-electron chi connectivity index (χ4n) is 3.67. The molecule has 6 nitrogen and oxygen atoms in total. The highest BCUT2D eigenvalue weighted by Crippen LogP contribution is 2.33. The summed E-state index contributed by atoms with van der Waals surface area (Å²) in [5, 5.41) is 2.91. The summed E-state index contributed by atoms with van der Waals surface area (Å²) in [5.41, 5.74) is 4.77. The molecule has 6 heteroatoms. The molecule has 0 spiro atoms. The molecule has 1 aliphatic carbocycles. The minimum atomic E-state index is -0.292. The largest absolute Gasteiger partial charge is 0.338 e. The summed E-state index contributed by atoms with van der Waals surface area (Å²) in [4.78, 5) is 35.6. The van der Waals surface area contributed by atoms with E-state index in [0.29, 0.717) is 17.7 Å². The van der Waals surface area contributed by atoms with Crippen molar-refractivity contribution in [1.29, 1.82) is 0 Å². The van der Waals surface area contributed by atoms with E-state index in [1.807, 2.05) is 47.4 Å². The molecule has 0 bridgehead atoms. The van der Waals surface area contributed by atoms with Gasteiger partial charge >= 0.3 is 0 Å². The standard InChI is InChI=1S/C22H20N4O2/c27-21(20-12-23-18-3-1-2-4-19(18)25-20)24-17-8-7-14-9-10-26(13-16(14)11-17)22(28)15-5-6-15/h1-4,7-8,11-12,15H,5-6,9-10,13H2,(H,24,27). The molecular weight excluding hydrogens is 352 g/mol. The predicted molar refractivity (Wildman–Crippen MR) is 106 cm³/mol. The summed E-state index contributed by atoms with van der Waals surface area (Å²) in [6, 6.07) is 13.4. The lowest BCUT2D eigenvalue weighted by molar-refractivity contribution is -0.133. The van der Waals surface area contributed by atoms with Crippen molar-refractivity contribution in [2.45, 2.75) is 25.8 Å². The quantitative estimate of drug-likeness (QED) is 0.766. The van der Waals surface area contributed by atoms with Crippen molar-refractivity contribution in [3.05, 3.63) is 65.5 Å². The third kappa shape index (κ3) is 3.22. The van der Waals surface area contributed by atoms with E-state index in [9.17, 15) is 9.59 Å². The Labute approximate surface area is 162 Å². The predicted octanol–water partition coefficient (Wildman–Crippen LogP) is 3.18. The number of hydrogen-bond donors (Lipinski definition) is 1. The minimum Gasteiger partial charge on any atom is -0.338 e. The Morgan fingerprint density at radius 3 is 2.68 bits per heavy atom. The molecule has 3 aromatic rings. The van der Waals surface area contributed by atoms with Crippen LogP contribution in [0.3, 0.4) is 0 Å². The van der Waals surface area contributed by atoms with Crippen molar-refractivity contribution in [1.82, 2.24) is 14.9 Å². The SMILES string of the molecule is O=C(Nc1ccc2c(c1)CN(C(=O)C1CC1)CC2)c1cnc2ccccc2n1. The third-order valence-electron chi connectivity index (χ3n) is 5.40. The van der Waals surface area contributed by atoms with Gasteiger partial charge in [0.2, 0.25) is 5.91 Å². The van der Waals surface area contributed by atoms with Crippen LogP contribution in [0.25, 0.3) is 11.0 Å². The fourth-order valence-corrected chi connectivity index (χ4v) is 3.67. The first-order chi connectivity index (χ1) is 13.7. The van der Waals surface area contributed by atoms with Crippen molar-refractivity contribution in [2.75, 3.05) is 11.9 Å². The molecule has 1 saturated carbocycles. The Hall–Kier alpha value is -3.28. The number of aromatic nitrogens is 2. The average Bonchev–Trinajstić information content (AvgIpc) is 3.57. The first kappa shape index (κ1) is 16.9. The van der Waals surface area contributed by atoms with Crippen LogP contribution in [-0.2, 0) is 17.8 Å². The van der Waals surface area contributed by atoms with Gasteiger partial charge in [-0.1, -0.05) is 18.2 Å². The van der Waals surface area contributed by atoms with Crippen LogP contribution in [0.4, 0.5) is 5.69 Å². The number of nitrogens with zero attached hydrogens (tertiary/aromatic N) is 3. The molecule has 1 fully saturated rings. The lowest BCUT2D eigenvalue weighted by Gasteiger charge is -2.29. The number of fused-ring (bicyclic) bond motifs is 2. The molecule has 0 unspecified atom stereocenters. The number of rotatable bonds is 3. The van der Waals surface area contributed by atoms with Gasteiger partial charge in [0.25, 0.3) is 5.91 Å². The van der Waals surface area contributed by atoms with Crippen LogP contribution in [0.2, 0.25) is 0 Å². The van der Waals surface area contributed by atoms with Crippen LogP contribution >= 0.6 is 0 Å². The number of hydrogen-bond acceptors (Lipinski definition) is 4. The molecule has 140 valence electrons. The van der Waals surface area contributed by atoms with Gasteiger partial charge in [0.05, 0.1) is 17.2 Å². The van der Waals surface area contributed by atoms with E-state index in [2.05, 4.69) is 15.3 Å².